The maximum atomic E-state index is 14.3. The van der Waals surface area contributed by atoms with Crippen molar-refractivity contribution in [2.75, 3.05) is 26.3 Å². The number of aliphatic hydroxyl groups is 2. The molecule has 0 bridgehead atoms. The SMILES string of the molecule is CC[C@@](C)(NC(=O)C(C)(C)NC(=O)[C@H](CO)NC(=O)C(C)(C)NC(=O)[C@H](Cc1ccccc1)NC(C)=O)C(=O)N[C@@H](CC(C)C)C(=O)N[C@@H](CCC(N)=O)C(=O)NCC(=O)NC(C)(C)C(=O)NC(C)(C)C(=O)N[C@H](C)C(=O)N[C@H](C)C(=O)NC(C)(C)C(=O)N1CCC[C@H]1C(=O)NC(C)(C)C(=O)NC(C)(C)C(=O)NC(C)(C)C(=O)N[C@H](CCC(N)=O)C(=O)N[C@H](CO)Cc1c[nH]c2ccccc12. The molecule has 3 aromatic rings. The van der Waals surface area contributed by atoms with Gasteiger partial charge in [0, 0.05) is 49.8 Å². The van der Waals surface area contributed by atoms with Crippen molar-refractivity contribution < 1.29 is 111 Å². The molecule has 2 aromatic carbocycles. The Morgan fingerprint density at radius 3 is 1.38 bits per heavy atom. The Hall–Kier alpha value is -13.2. The first-order valence-electron chi connectivity index (χ1n) is 44.9. The quantitative estimate of drug-likeness (QED) is 0.0256. The lowest BCUT2D eigenvalue weighted by atomic mass is 9.93. The lowest BCUT2D eigenvalue weighted by Crippen LogP contribution is -2.67. The fourth-order valence-electron chi connectivity index (χ4n) is 13.9. The van der Waals surface area contributed by atoms with Gasteiger partial charge in [0.25, 0.3) is 0 Å². The monoisotopic (exact) mass is 1910 g/mol. The topological polar surface area (TPSA) is 687 Å². The smallest absolute Gasteiger partial charge is 0.248 e. The number of hydrogen-bond donors (Lipinski definition) is 23. The summed E-state index contributed by atoms with van der Waals surface area (Å²) in [5.41, 5.74) is -3.00. The fraction of sp³-hybridized carbons (Fsp3) is 0.615. The van der Waals surface area contributed by atoms with E-state index >= 15 is 0 Å². The summed E-state index contributed by atoms with van der Waals surface area (Å²) in [6, 6.07) is 4.24. The van der Waals surface area contributed by atoms with Gasteiger partial charge in [0.15, 0.2) is 0 Å². The Labute approximate surface area is 791 Å². The maximum absolute atomic E-state index is 14.3. The number of para-hydroxylation sites is 1. The largest absolute Gasteiger partial charge is 0.394 e. The highest BCUT2D eigenvalue weighted by molar-refractivity contribution is 6.05. The number of H-pyrrole nitrogens is 1. The number of carbonyl (C=O) groups excluding carboxylic acids is 21. The molecule has 0 unspecified atom stereocenters. The molecule has 1 fully saturated rings. The van der Waals surface area contributed by atoms with Crippen molar-refractivity contribution in [3.05, 3.63) is 71.9 Å². The molecule has 1 aliphatic heterocycles. The van der Waals surface area contributed by atoms with Crippen LogP contribution in [0.15, 0.2) is 60.8 Å². The van der Waals surface area contributed by atoms with E-state index in [9.17, 15) is 111 Å². The molecule has 0 spiro atoms. The van der Waals surface area contributed by atoms with Crippen LogP contribution in [-0.4, -0.2) is 275 Å². The molecular weight excluding hydrogens is 1770 g/mol. The van der Waals surface area contributed by atoms with E-state index in [2.05, 4.69) is 101 Å². The van der Waals surface area contributed by atoms with Crippen molar-refractivity contribution >= 4 is 135 Å². The summed E-state index contributed by atoms with van der Waals surface area (Å²) < 4.78 is 0. The number of nitrogens with two attached hydrogens (primary N) is 2. The van der Waals surface area contributed by atoms with Crippen molar-refractivity contribution in [1.82, 2.24) is 106 Å². The highest BCUT2D eigenvalue weighted by atomic mass is 16.3. The van der Waals surface area contributed by atoms with Crippen molar-refractivity contribution in [3.8, 4) is 0 Å². The zero-order chi connectivity index (χ0) is 104. The third-order valence-corrected chi connectivity index (χ3v) is 22.7. The number of aromatic amines is 1. The van der Waals surface area contributed by atoms with Gasteiger partial charge in [-0.25, -0.2) is 0 Å². The molecule has 4 rings (SSSR count). The van der Waals surface area contributed by atoms with Crippen LogP contribution in [-0.2, 0) is 114 Å². The minimum atomic E-state index is -1.88. The average molecular weight is 1910 g/mol. The molecule has 0 aliphatic carbocycles. The number of primary amides is 2. The Morgan fingerprint density at radius 1 is 0.426 bits per heavy atom. The summed E-state index contributed by atoms with van der Waals surface area (Å²) >= 11 is 0. The van der Waals surface area contributed by atoms with E-state index in [1.165, 1.54) is 150 Å². The molecule has 754 valence electrons. The van der Waals surface area contributed by atoms with Crippen LogP contribution in [0, 0.1) is 5.92 Å². The van der Waals surface area contributed by atoms with Crippen LogP contribution in [0.3, 0.4) is 0 Å². The second kappa shape index (κ2) is 48.3. The first kappa shape index (κ1) is 115. The third-order valence-electron chi connectivity index (χ3n) is 22.7. The highest BCUT2D eigenvalue weighted by Crippen LogP contribution is 2.26. The van der Waals surface area contributed by atoms with E-state index in [-0.39, 0.29) is 57.4 Å². The molecule has 2 heterocycles. The minimum absolute atomic E-state index is 0.0431. The van der Waals surface area contributed by atoms with Crippen LogP contribution < -0.4 is 107 Å². The van der Waals surface area contributed by atoms with Crippen LogP contribution >= 0.6 is 0 Å². The van der Waals surface area contributed by atoms with E-state index in [0.717, 1.165) is 16.5 Å². The van der Waals surface area contributed by atoms with E-state index < -0.39 is 261 Å². The van der Waals surface area contributed by atoms with Crippen LogP contribution in [0.25, 0.3) is 10.9 Å². The lowest BCUT2D eigenvalue weighted by molar-refractivity contribution is -0.146. The van der Waals surface area contributed by atoms with Crippen LogP contribution in [0.1, 0.15) is 222 Å². The lowest BCUT2D eigenvalue weighted by Gasteiger charge is -2.36. The van der Waals surface area contributed by atoms with Gasteiger partial charge in [0.1, 0.15) is 98.2 Å². The second-order valence-corrected chi connectivity index (χ2v) is 39.2. The maximum Gasteiger partial charge on any atom is 0.248 e. The number of benzene rings is 2. The van der Waals surface area contributed by atoms with Crippen molar-refractivity contribution in [3.63, 3.8) is 0 Å². The predicted molar refractivity (Wildman–Crippen MR) is 497 cm³/mol. The Bertz CT molecular complexity index is 4920. The molecule has 1 aromatic heterocycles. The first-order valence-corrected chi connectivity index (χ1v) is 44.9. The summed E-state index contributed by atoms with van der Waals surface area (Å²) in [6.45, 7) is 28.8. The number of rotatable bonds is 51. The molecular formula is C91H142N22O23. The second-order valence-electron chi connectivity index (χ2n) is 39.2. The number of nitrogens with zero attached hydrogens (tertiary/aromatic N) is 1. The number of likely N-dealkylation sites (tertiary alicyclic amines) is 1. The van der Waals surface area contributed by atoms with E-state index in [1.807, 2.05) is 24.3 Å². The normalized spacial score (nSPS) is 15.4. The molecule has 45 heteroatoms. The standard InChI is InChI=1S/C91H142N22O23/c1-24-91(23,112-80(134)88(17,18)107-72(126)61(47-115)103-75(129)83(7,8)106-71(125)60(98-51(6)116)42-52-31-26-25-27-32-52)81(135)102-59(41-48(2)3)70(124)100-57(36-38-63(92)117)68(122)95-45-65(119)104-86(13,14)77(131)109-84(9,10)74(128)97-49(4)66(120)96-50(5)67(121)105-90(21,22)82(136)113-40-30-35-62(113)73(127)108-87(15,16)78(132)111-89(19,20)79(133)110-85(11,12)76(130)101-58(37-39-64(93)118)69(123)99-54(46-114)43-53-44-94-56-34-29-28-33-55(53)56/h25-29,31-34,44,48-50,54,57-62,94,114-115H,24,30,35-43,45-47H2,1-23H3,(H2,92,117)(H2,93,118)(H,95,122)(H,96,120)(H,97,128)(H,98,116)(H,99,123)(H,100,124)(H,101,130)(H,102,135)(H,103,129)(H,104,119)(H,105,121)(H,106,125)(H,107,126)(H,108,127)(H,109,131)(H,110,133)(H,111,132)(H,112,134)/t49-,50-,54+,57+,58-,59+,60+,61+,62+,91-/m1/s1. The first-order chi connectivity index (χ1) is 62.6. The van der Waals surface area contributed by atoms with Gasteiger partial charge in [-0.05, 0) is 200 Å². The van der Waals surface area contributed by atoms with Gasteiger partial charge in [-0.3, -0.25) is 101 Å². The van der Waals surface area contributed by atoms with Crippen LogP contribution in [0.5, 0.6) is 0 Å². The molecule has 25 N–H and O–H groups in total. The van der Waals surface area contributed by atoms with Gasteiger partial charge in [0.05, 0.1) is 25.8 Å². The molecule has 136 heavy (non-hydrogen) atoms. The number of aromatic nitrogens is 1. The molecule has 0 saturated carbocycles. The van der Waals surface area contributed by atoms with Gasteiger partial charge in [-0.15, -0.1) is 0 Å². The van der Waals surface area contributed by atoms with Crippen LogP contribution in [0.2, 0.25) is 0 Å². The Morgan fingerprint density at radius 2 is 0.868 bits per heavy atom. The summed E-state index contributed by atoms with van der Waals surface area (Å²) in [5.74, 6) is -18.5. The number of aliphatic hydroxyl groups excluding tert-OH is 2. The van der Waals surface area contributed by atoms with Gasteiger partial charge in [-0.2, -0.15) is 0 Å². The van der Waals surface area contributed by atoms with E-state index in [1.54, 1.807) is 50.4 Å². The molecule has 45 nitrogen and oxygen atoms in total. The fourth-order valence-corrected chi connectivity index (χ4v) is 13.9. The number of fused-ring (bicyclic) bond motifs is 1. The van der Waals surface area contributed by atoms with Crippen LogP contribution in [0.4, 0.5) is 0 Å². The molecule has 10 atom stereocenters. The molecule has 0 radical (unpaired) electrons. The molecule has 21 amide bonds. The Balaban J connectivity index is 1.30. The minimum Gasteiger partial charge on any atom is -0.394 e. The Kier molecular flexibility index (Phi) is 40.9. The van der Waals surface area contributed by atoms with E-state index in [4.69, 9.17) is 11.5 Å². The molecule has 1 saturated heterocycles. The average Bonchev–Trinajstić information content (AvgIpc) is 1.24. The number of nitrogens with one attached hydrogen (secondary N) is 19. The molecule has 1 aliphatic rings. The van der Waals surface area contributed by atoms with Crippen molar-refractivity contribution in [1.29, 1.82) is 0 Å². The zero-order valence-electron chi connectivity index (χ0n) is 82.0. The van der Waals surface area contributed by atoms with Crippen molar-refractivity contribution in [2.24, 2.45) is 17.4 Å². The van der Waals surface area contributed by atoms with E-state index in [0.29, 0.717) is 12.0 Å². The number of amides is 21. The third kappa shape index (κ3) is 34.0. The van der Waals surface area contributed by atoms with Gasteiger partial charge in [-0.1, -0.05) is 69.3 Å². The summed E-state index contributed by atoms with van der Waals surface area (Å²) in [7, 11) is 0. The summed E-state index contributed by atoms with van der Waals surface area (Å²) in [6.07, 6.45) is 0.842. The van der Waals surface area contributed by atoms with Gasteiger partial charge in [0.2, 0.25) is 124 Å². The highest BCUT2D eigenvalue weighted by Gasteiger charge is 2.49. The zero-order valence-corrected chi connectivity index (χ0v) is 82.0. The van der Waals surface area contributed by atoms with Gasteiger partial charge < -0.3 is 127 Å². The number of carbonyl (C=O) groups is 21. The number of hydrogen-bond acceptors (Lipinski definition) is 23. The summed E-state index contributed by atoms with van der Waals surface area (Å²) in [5, 5.41) is 67.0. The van der Waals surface area contributed by atoms with Crippen molar-refractivity contribution in [2.45, 2.75) is 328 Å². The van der Waals surface area contributed by atoms with Gasteiger partial charge >= 0.3 is 0 Å². The summed E-state index contributed by atoms with van der Waals surface area (Å²) in [4.78, 5) is 290. The predicted octanol–water partition coefficient (Wildman–Crippen LogP) is -4.00.